The summed E-state index contributed by atoms with van der Waals surface area (Å²) in [6.07, 6.45) is 4.84. The predicted octanol–water partition coefficient (Wildman–Crippen LogP) is 4.06. The van der Waals surface area contributed by atoms with Crippen LogP contribution in [0.25, 0.3) is 10.7 Å². The Morgan fingerprint density at radius 3 is 2.58 bits per heavy atom. The Morgan fingerprint density at radius 1 is 1.18 bits per heavy atom. The smallest absolute Gasteiger partial charge is 0.410 e. The first-order valence-corrected chi connectivity index (χ1v) is 16.8. The Morgan fingerprint density at radius 2 is 1.91 bits per heavy atom. The van der Waals surface area contributed by atoms with Crippen LogP contribution in [0.2, 0.25) is 5.82 Å². The second kappa shape index (κ2) is 14.7. The van der Waals surface area contributed by atoms with E-state index in [2.05, 4.69) is 27.5 Å². The summed E-state index contributed by atoms with van der Waals surface area (Å²) in [6, 6.07) is -0.649. The number of Topliss-reactive ketones (excluding diaryl/α,β-unsaturated/α-hetero) is 1. The Bertz CT molecular complexity index is 1310. The third-order valence-electron chi connectivity index (χ3n) is 9.48. The molecule has 0 aromatic carbocycles. The average Bonchev–Trinajstić information content (AvgIpc) is 3.76. The minimum absolute atomic E-state index is 0.0164. The van der Waals surface area contributed by atoms with Crippen molar-refractivity contribution in [2.75, 3.05) is 20.2 Å². The van der Waals surface area contributed by atoms with Gasteiger partial charge in [0.25, 0.3) is 0 Å². The van der Waals surface area contributed by atoms with Crippen LogP contribution in [0.3, 0.4) is 0 Å². The van der Waals surface area contributed by atoms with Crippen molar-refractivity contribution >= 4 is 37.0 Å². The number of unbranched alkanes of at least 4 members (excludes halogenated alkanes) is 1. The fourth-order valence-corrected chi connectivity index (χ4v) is 7.22. The van der Waals surface area contributed by atoms with E-state index in [-0.39, 0.29) is 24.2 Å². The number of ketones is 1. The summed E-state index contributed by atoms with van der Waals surface area (Å²) in [5.74, 6) is -2.44. The number of aromatic nitrogens is 4. The maximum absolute atomic E-state index is 13.5. The number of nitrogens with zero attached hydrogens (tertiary/aromatic N) is 5. The molecule has 4 heterocycles. The molecule has 246 valence electrons. The van der Waals surface area contributed by atoms with Crippen molar-refractivity contribution in [2.24, 2.45) is 11.8 Å². The first-order chi connectivity index (χ1) is 21.3. The number of esters is 1. The molecule has 45 heavy (non-hydrogen) atoms. The normalized spacial score (nSPS) is 33.7. The minimum Gasteiger partial charge on any atom is -0.458 e. The highest BCUT2D eigenvalue weighted by molar-refractivity contribution is 7.13. The molecule has 2 aromatic rings. The van der Waals surface area contributed by atoms with E-state index in [1.165, 1.54) is 11.3 Å². The first-order valence-electron chi connectivity index (χ1n) is 15.9. The maximum atomic E-state index is 13.5. The van der Waals surface area contributed by atoms with Gasteiger partial charge in [-0.15, -0.1) is 16.4 Å². The number of amides is 1. The topological polar surface area (TPSA) is 138 Å². The number of carbonyl (C=O) groups is 3. The molecule has 0 spiro atoms. The summed E-state index contributed by atoms with van der Waals surface area (Å²) in [5.41, 5.74) is -1.18. The molecule has 0 bridgehead atoms. The molecule has 2 aliphatic rings. The van der Waals surface area contributed by atoms with E-state index in [0.29, 0.717) is 38.9 Å². The number of rotatable bonds is 8. The Kier molecular flexibility index (Phi) is 11.5. The number of cyclic esters (lactones) is 1. The fraction of sp³-hybridized carbons (Fsp3) is 0.742. The number of thiazole rings is 1. The van der Waals surface area contributed by atoms with Crippen molar-refractivity contribution < 1.29 is 28.6 Å². The van der Waals surface area contributed by atoms with Gasteiger partial charge in [-0.1, -0.05) is 19.1 Å². The molecule has 8 atom stereocenters. The zero-order valence-electron chi connectivity index (χ0n) is 27.5. The summed E-state index contributed by atoms with van der Waals surface area (Å²) in [6.45, 7) is 13.0. The van der Waals surface area contributed by atoms with Crippen molar-refractivity contribution in [3.05, 3.63) is 17.8 Å². The van der Waals surface area contributed by atoms with Gasteiger partial charge in [0.1, 0.15) is 28.5 Å². The van der Waals surface area contributed by atoms with Crippen molar-refractivity contribution in [1.82, 2.24) is 30.2 Å². The third kappa shape index (κ3) is 7.77. The number of ether oxygens (including phenoxy) is 3. The molecule has 0 saturated carbocycles. The third-order valence-corrected chi connectivity index (χ3v) is 10.3. The molecule has 2 fully saturated rings. The van der Waals surface area contributed by atoms with Crippen LogP contribution >= 0.6 is 11.3 Å². The largest absolute Gasteiger partial charge is 0.458 e. The van der Waals surface area contributed by atoms with Crippen LogP contribution in [-0.2, 0) is 30.3 Å². The number of methoxy groups -OCH3 is 1. The zero-order valence-corrected chi connectivity index (χ0v) is 28.3. The van der Waals surface area contributed by atoms with Crippen LogP contribution in [0, 0.1) is 11.8 Å². The Hall–Kier alpha value is -2.84. The molecule has 2 saturated heterocycles. The van der Waals surface area contributed by atoms with Crippen LogP contribution in [0.4, 0.5) is 4.79 Å². The van der Waals surface area contributed by atoms with E-state index < -0.39 is 47.1 Å². The lowest BCUT2D eigenvalue weighted by Crippen LogP contribution is -2.60. The molecule has 1 N–H and O–H groups in total. The summed E-state index contributed by atoms with van der Waals surface area (Å²) in [5, 5.41) is 14.8. The van der Waals surface area contributed by atoms with Gasteiger partial charge in [-0.3, -0.25) is 19.2 Å². The van der Waals surface area contributed by atoms with E-state index in [1.54, 1.807) is 29.8 Å². The van der Waals surface area contributed by atoms with Crippen molar-refractivity contribution in [3.63, 3.8) is 0 Å². The van der Waals surface area contributed by atoms with Gasteiger partial charge < -0.3 is 19.5 Å². The number of hydrogen-bond donors (Lipinski definition) is 1. The zero-order chi connectivity index (χ0) is 32.9. The molecule has 2 aliphatic heterocycles. The second-order valence-corrected chi connectivity index (χ2v) is 13.9. The molecular weight excluding hydrogens is 595 g/mol. The quantitative estimate of drug-likeness (QED) is 0.194. The molecule has 4 rings (SSSR count). The molecule has 2 aromatic heterocycles. The molecule has 12 nitrogen and oxygen atoms in total. The van der Waals surface area contributed by atoms with Crippen molar-refractivity contribution in [3.8, 4) is 10.7 Å². The van der Waals surface area contributed by atoms with Gasteiger partial charge in [0.05, 0.1) is 25.7 Å². The molecule has 1 amide bonds. The van der Waals surface area contributed by atoms with Crippen LogP contribution in [0.15, 0.2) is 17.8 Å². The Labute approximate surface area is 271 Å². The van der Waals surface area contributed by atoms with Gasteiger partial charge in [0, 0.05) is 44.2 Å². The predicted molar refractivity (Wildman–Crippen MR) is 171 cm³/mol. The van der Waals surface area contributed by atoms with Crippen LogP contribution < -0.4 is 5.32 Å². The average molecular weight is 643 g/mol. The Balaban J connectivity index is 1.53. The molecule has 0 aliphatic carbocycles. The van der Waals surface area contributed by atoms with E-state index in [1.807, 2.05) is 39.3 Å². The molecule has 0 unspecified atom stereocenters. The highest BCUT2D eigenvalue weighted by atomic mass is 32.1. The lowest BCUT2D eigenvalue weighted by molar-refractivity contribution is -0.169. The first kappa shape index (κ1) is 35.0. The van der Waals surface area contributed by atoms with Crippen LogP contribution in [0.5, 0.6) is 0 Å². The van der Waals surface area contributed by atoms with Gasteiger partial charge in [-0.2, -0.15) is 0 Å². The molecular formula is C31H47BN6O6S. The van der Waals surface area contributed by atoms with Gasteiger partial charge in [-0.05, 0) is 71.7 Å². The number of nitrogens with one attached hydrogen (secondary N) is 1. The van der Waals surface area contributed by atoms with Crippen LogP contribution in [-0.4, -0.2) is 100 Å². The van der Waals surface area contributed by atoms with E-state index in [9.17, 15) is 14.4 Å². The highest BCUT2D eigenvalue weighted by Gasteiger charge is 2.58. The monoisotopic (exact) mass is 642 g/mol. The van der Waals surface area contributed by atoms with Crippen LogP contribution in [0.1, 0.15) is 73.6 Å². The van der Waals surface area contributed by atoms with E-state index in [4.69, 9.17) is 22.1 Å². The van der Waals surface area contributed by atoms with Crippen molar-refractivity contribution in [2.45, 2.75) is 115 Å². The number of fused-ring (bicyclic) bond motifs is 1. The van der Waals surface area contributed by atoms with Gasteiger partial charge >= 0.3 is 12.1 Å². The van der Waals surface area contributed by atoms with E-state index >= 15 is 0 Å². The lowest BCUT2D eigenvalue weighted by Gasteiger charge is -2.41. The van der Waals surface area contributed by atoms with Gasteiger partial charge in [0.15, 0.2) is 5.60 Å². The lowest BCUT2D eigenvalue weighted by atomic mass is 9.67. The molecule has 2 radical (unpaired) electrons. The summed E-state index contributed by atoms with van der Waals surface area (Å²) < 4.78 is 19.7. The van der Waals surface area contributed by atoms with E-state index in [0.717, 1.165) is 17.1 Å². The standard InChI is InChI=1S/C31H47BN6O6S/c1-8-25-31(6)26(38(29(41)44-31)13-10-9-12-37-18-22(35-36-37)27-33-11-14-45-27)21(4)34-17-19(2)16-30(5,42-7)24(32)15-23(39)20(3)28(40)43-25/h11,14,18-21,24-26,34H,8-10,12-13,15-17H2,1-7H3/t19-,20-,21-,24-,25-,26-,30-,31-/m1/s1. The number of aryl methyl sites for hydroxylation is 1. The maximum Gasteiger partial charge on any atom is 0.410 e. The fourth-order valence-electron chi connectivity index (χ4n) is 6.63. The SMILES string of the molecule is [B][C@@H]1CC(=O)[C@@H](C)C(=O)O[C@H](CC)[C@@]2(C)OC(=O)N(CCCCn3cc(-c4nccs4)nn3)[C@@H]2[C@@H](C)NC[C@H](C)C[C@@]1(C)OC. The number of hydrogen-bond acceptors (Lipinski definition) is 11. The van der Waals surface area contributed by atoms with Crippen molar-refractivity contribution in [1.29, 1.82) is 0 Å². The minimum atomic E-state index is -1.15. The second-order valence-electron chi connectivity index (χ2n) is 13.0. The molecule has 14 heteroatoms. The van der Waals surface area contributed by atoms with Gasteiger partial charge in [-0.25, -0.2) is 9.78 Å². The summed E-state index contributed by atoms with van der Waals surface area (Å²) in [7, 11) is 8.10. The van der Waals surface area contributed by atoms with Gasteiger partial charge in [0.2, 0.25) is 0 Å². The summed E-state index contributed by atoms with van der Waals surface area (Å²) >= 11 is 1.51. The highest BCUT2D eigenvalue weighted by Crippen LogP contribution is 2.39. The number of carbonyl (C=O) groups excluding carboxylic acids is 3. The summed E-state index contributed by atoms with van der Waals surface area (Å²) in [4.78, 5) is 46.0.